The minimum absolute atomic E-state index is 0.169. The SMILES string of the molecule is CN(CC1CCCC1O)C(=O)Nc1ccc(-n2ccnn2)cc1. The van der Waals surface area contributed by atoms with E-state index in [-0.39, 0.29) is 18.1 Å². The number of aromatic nitrogens is 3. The largest absolute Gasteiger partial charge is 0.393 e. The molecule has 0 saturated heterocycles. The van der Waals surface area contributed by atoms with Crippen LogP contribution in [0.1, 0.15) is 19.3 Å². The Morgan fingerprint density at radius 1 is 1.39 bits per heavy atom. The van der Waals surface area contributed by atoms with Gasteiger partial charge in [-0.3, -0.25) is 0 Å². The molecule has 1 fully saturated rings. The van der Waals surface area contributed by atoms with E-state index in [0.717, 1.165) is 30.6 Å². The summed E-state index contributed by atoms with van der Waals surface area (Å²) in [5.41, 5.74) is 1.60. The summed E-state index contributed by atoms with van der Waals surface area (Å²) < 4.78 is 1.65. The summed E-state index contributed by atoms with van der Waals surface area (Å²) in [5, 5.41) is 20.4. The molecule has 1 aromatic heterocycles. The van der Waals surface area contributed by atoms with Gasteiger partial charge in [0.25, 0.3) is 0 Å². The number of aliphatic hydroxyl groups is 1. The molecule has 0 spiro atoms. The molecule has 1 aromatic carbocycles. The zero-order chi connectivity index (χ0) is 16.2. The predicted molar refractivity (Wildman–Crippen MR) is 86.4 cm³/mol. The van der Waals surface area contributed by atoms with E-state index in [1.165, 1.54) is 0 Å². The molecule has 0 aliphatic heterocycles. The topological polar surface area (TPSA) is 83.3 Å². The molecule has 2 aromatic rings. The molecule has 1 saturated carbocycles. The summed E-state index contributed by atoms with van der Waals surface area (Å²) in [6.45, 7) is 0.573. The van der Waals surface area contributed by atoms with Crippen molar-refractivity contribution in [1.82, 2.24) is 19.9 Å². The van der Waals surface area contributed by atoms with Gasteiger partial charge in [0.2, 0.25) is 0 Å². The summed E-state index contributed by atoms with van der Waals surface area (Å²) in [7, 11) is 1.75. The van der Waals surface area contributed by atoms with Crippen molar-refractivity contribution in [3.05, 3.63) is 36.7 Å². The van der Waals surface area contributed by atoms with Crippen molar-refractivity contribution in [2.75, 3.05) is 18.9 Å². The molecule has 2 amide bonds. The summed E-state index contributed by atoms with van der Waals surface area (Å²) in [5.74, 6) is 0.181. The number of nitrogens with zero attached hydrogens (tertiary/aromatic N) is 4. The fourth-order valence-electron chi connectivity index (χ4n) is 2.93. The number of nitrogens with one attached hydrogen (secondary N) is 1. The van der Waals surface area contributed by atoms with E-state index in [1.54, 1.807) is 29.0 Å². The van der Waals surface area contributed by atoms with E-state index < -0.39 is 0 Å². The molecule has 2 unspecified atom stereocenters. The highest BCUT2D eigenvalue weighted by atomic mass is 16.3. The maximum atomic E-state index is 12.2. The van der Waals surface area contributed by atoms with Crippen molar-refractivity contribution in [3.8, 4) is 5.69 Å². The lowest BCUT2D eigenvalue weighted by molar-refractivity contribution is 0.116. The quantitative estimate of drug-likeness (QED) is 0.902. The Bertz CT molecular complexity index is 641. The third-order valence-electron chi connectivity index (χ3n) is 4.28. The smallest absolute Gasteiger partial charge is 0.321 e. The minimum atomic E-state index is -0.285. The number of urea groups is 1. The third kappa shape index (κ3) is 3.68. The molecule has 0 radical (unpaired) electrons. The summed E-state index contributed by atoms with van der Waals surface area (Å²) >= 11 is 0. The van der Waals surface area contributed by atoms with Gasteiger partial charge in [-0.25, -0.2) is 9.48 Å². The van der Waals surface area contributed by atoms with Gasteiger partial charge in [-0.05, 0) is 37.1 Å². The van der Waals surface area contributed by atoms with E-state index in [0.29, 0.717) is 6.54 Å². The van der Waals surface area contributed by atoms with E-state index in [4.69, 9.17) is 0 Å². The number of amides is 2. The normalized spacial score (nSPS) is 20.4. The van der Waals surface area contributed by atoms with E-state index >= 15 is 0 Å². The van der Waals surface area contributed by atoms with Crippen LogP contribution in [0.15, 0.2) is 36.7 Å². The zero-order valence-corrected chi connectivity index (χ0v) is 13.1. The molecular formula is C16H21N5O2. The molecule has 7 heteroatoms. The van der Waals surface area contributed by atoms with Crippen molar-refractivity contribution < 1.29 is 9.90 Å². The van der Waals surface area contributed by atoms with Crippen LogP contribution in [0.2, 0.25) is 0 Å². The lowest BCUT2D eigenvalue weighted by atomic mass is 10.1. The highest BCUT2D eigenvalue weighted by Crippen LogP contribution is 2.26. The van der Waals surface area contributed by atoms with E-state index in [9.17, 15) is 9.90 Å². The Hall–Kier alpha value is -2.41. The van der Waals surface area contributed by atoms with Gasteiger partial charge in [0.1, 0.15) is 0 Å². The molecule has 2 atom stereocenters. The molecule has 2 N–H and O–H groups in total. The number of aliphatic hydroxyl groups excluding tert-OH is 1. The fourth-order valence-corrected chi connectivity index (χ4v) is 2.93. The van der Waals surface area contributed by atoms with Gasteiger partial charge in [-0.2, -0.15) is 0 Å². The molecule has 122 valence electrons. The van der Waals surface area contributed by atoms with Crippen molar-refractivity contribution in [3.63, 3.8) is 0 Å². The Kier molecular flexibility index (Phi) is 4.57. The predicted octanol–water partition coefficient (Wildman–Crippen LogP) is 1.89. The maximum Gasteiger partial charge on any atom is 0.321 e. The van der Waals surface area contributed by atoms with Gasteiger partial charge in [-0.1, -0.05) is 11.6 Å². The standard InChI is InChI=1S/C16H21N5O2/c1-20(11-12-3-2-4-15(12)22)16(23)18-13-5-7-14(8-6-13)21-10-9-17-19-21/h5-10,12,15,22H,2-4,11H2,1H3,(H,18,23). The molecule has 1 aliphatic carbocycles. The van der Waals surface area contributed by atoms with Gasteiger partial charge in [0.15, 0.2) is 0 Å². The monoisotopic (exact) mass is 315 g/mol. The van der Waals surface area contributed by atoms with Crippen LogP contribution in [-0.4, -0.2) is 50.7 Å². The highest BCUT2D eigenvalue weighted by Gasteiger charge is 2.27. The number of carbonyl (C=O) groups is 1. The average Bonchev–Trinajstić information content (AvgIpc) is 3.21. The molecule has 1 heterocycles. The van der Waals surface area contributed by atoms with Crippen LogP contribution in [0.25, 0.3) is 5.69 Å². The Morgan fingerprint density at radius 3 is 2.78 bits per heavy atom. The average molecular weight is 315 g/mol. The first-order valence-corrected chi connectivity index (χ1v) is 7.80. The number of anilines is 1. The lowest BCUT2D eigenvalue weighted by Crippen LogP contribution is -2.37. The van der Waals surface area contributed by atoms with Crippen molar-refractivity contribution in [2.24, 2.45) is 5.92 Å². The van der Waals surface area contributed by atoms with Crippen LogP contribution in [0, 0.1) is 5.92 Å². The van der Waals surface area contributed by atoms with Crippen LogP contribution in [-0.2, 0) is 0 Å². The Labute approximate surface area is 134 Å². The van der Waals surface area contributed by atoms with Crippen LogP contribution in [0.5, 0.6) is 0 Å². The summed E-state index contributed by atoms with van der Waals surface area (Å²) in [6, 6.07) is 7.22. The number of rotatable bonds is 4. The lowest BCUT2D eigenvalue weighted by Gasteiger charge is -2.23. The number of hydrogen-bond donors (Lipinski definition) is 2. The van der Waals surface area contributed by atoms with Gasteiger partial charge < -0.3 is 15.3 Å². The Balaban J connectivity index is 1.56. The van der Waals surface area contributed by atoms with E-state index in [1.807, 2.05) is 24.3 Å². The maximum absolute atomic E-state index is 12.2. The van der Waals surface area contributed by atoms with Crippen molar-refractivity contribution in [1.29, 1.82) is 0 Å². The summed E-state index contributed by atoms with van der Waals surface area (Å²) in [4.78, 5) is 13.9. The summed E-state index contributed by atoms with van der Waals surface area (Å²) in [6.07, 6.45) is 5.93. The minimum Gasteiger partial charge on any atom is -0.393 e. The second-order valence-electron chi connectivity index (χ2n) is 5.96. The van der Waals surface area contributed by atoms with Gasteiger partial charge in [0, 0.05) is 25.2 Å². The Morgan fingerprint density at radius 2 is 2.17 bits per heavy atom. The number of benzene rings is 1. The molecule has 7 nitrogen and oxygen atoms in total. The first-order chi connectivity index (χ1) is 11.1. The first kappa shape index (κ1) is 15.5. The van der Waals surface area contributed by atoms with Crippen LogP contribution >= 0.6 is 0 Å². The van der Waals surface area contributed by atoms with Crippen LogP contribution < -0.4 is 5.32 Å². The molecule has 23 heavy (non-hydrogen) atoms. The van der Waals surface area contributed by atoms with Gasteiger partial charge >= 0.3 is 6.03 Å². The van der Waals surface area contributed by atoms with Crippen molar-refractivity contribution >= 4 is 11.7 Å². The van der Waals surface area contributed by atoms with E-state index in [2.05, 4.69) is 15.6 Å². The zero-order valence-electron chi connectivity index (χ0n) is 13.1. The molecule has 1 aliphatic rings. The third-order valence-corrected chi connectivity index (χ3v) is 4.28. The fraction of sp³-hybridized carbons (Fsp3) is 0.438. The number of carbonyl (C=O) groups excluding carboxylic acids is 1. The second-order valence-corrected chi connectivity index (χ2v) is 5.96. The molecule has 0 bridgehead atoms. The second kappa shape index (κ2) is 6.78. The van der Waals surface area contributed by atoms with Crippen molar-refractivity contribution in [2.45, 2.75) is 25.4 Å². The van der Waals surface area contributed by atoms with Gasteiger partial charge in [-0.15, -0.1) is 5.10 Å². The first-order valence-electron chi connectivity index (χ1n) is 7.80. The van der Waals surface area contributed by atoms with Crippen LogP contribution in [0.4, 0.5) is 10.5 Å². The highest BCUT2D eigenvalue weighted by molar-refractivity contribution is 5.89. The molecule has 3 rings (SSSR count). The number of hydrogen-bond acceptors (Lipinski definition) is 4. The molecular weight excluding hydrogens is 294 g/mol. The van der Waals surface area contributed by atoms with Crippen LogP contribution in [0.3, 0.4) is 0 Å². The van der Waals surface area contributed by atoms with Gasteiger partial charge in [0.05, 0.1) is 24.2 Å².